The molecule has 0 unspecified atom stereocenters. The summed E-state index contributed by atoms with van der Waals surface area (Å²) in [6.45, 7) is 1.36. The number of nitrogens with one attached hydrogen (secondary N) is 2. The Balaban J connectivity index is 2.76. The molecule has 0 fully saturated rings. The molecule has 0 bridgehead atoms. The molecule has 78 valence electrons. The molecular weight excluding hydrogens is 212 g/mol. The SMILES string of the molecule is N#Cc1ccc(NCCNS)cc1N=O. The fourth-order valence-corrected chi connectivity index (χ4v) is 1.19. The van der Waals surface area contributed by atoms with Gasteiger partial charge in [-0.2, -0.15) is 5.26 Å². The van der Waals surface area contributed by atoms with Gasteiger partial charge in [0.15, 0.2) is 0 Å². The van der Waals surface area contributed by atoms with Gasteiger partial charge in [-0.25, -0.2) is 0 Å². The predicted molar refractivity (Wildman–Crippen MR) is 62.1 cm³/mol. The Labute approximate surface area is 93.0 Å². The van der Waals surface area contributed by atoms with Crippen LogP contribution in [0.5, 0.6) is 0 Å². The number of benzene rings is 1. The summed E-state index contributed by atoms with van der Waals surface area (Å²) >= 11 is 3.84. The molecule has 0 aliphatic rings. The molecule has 0 saturated carbocycles. The van der Waals surface area contributed by atoms with E-state index in [0.29, 0.717) is 13.1 Å². The Bertz CT molecular complexity index is 388. The van der Waals surface area contributed by atoms with Crippen LogP contribution in [0.3, 0.4) is 0 Å². The molecule has 0 aliphatic heterocycles. The predicted octanol–water partition coefficient (Wildman–Crippen LogP) is 1.80. The maximum atomic E-state index is 10.4. The Morgan fingerprint density at radius 1 is 1.47 bits per heavy atom. The van der Waals surface area contributed by atoms with Crippen molar-refractivity contribution >= 4 is 24.2 Å². The first-order valence-corrected chi connectivity index (χ1v) is 4.75. The molecule has 0 aromatic heterocycles. The smallest absolute Gasteiger partial charge is 0.127 e. The zero-order chi connectivity index (χ0) is 11.1. The van der Waals surface area contributed by atoms with E-state index in [1.807, 2.05) is 6.07 Å². The van der Waals surface area contributed by atoms with E-state index in [4.69, 9.17) is 5.26 Å². The Morgan fingerprint density at radius 2 is 2.27 bits per heavy atom. The first-order chi connectivity index (χ1) is 7.31. The van der Waals surface area contributed by atoms with Crippen molar-refractivity contribution in [2.75, 3.05) is 18.4 Å². The molecule has 15 heavy (non-hydrogen) atoms. The lowest BCUT2D eigenvalue weighted by molar-refractivity contribution is 0.962. The standard InChI is InChI=1S/C9H10N4OS/c10-6-7-1-2-8(5-9(7)13-14)11-3-4-12-15/h1-2,5,11-12,15H,3-4H2. The number of thiol groups is 1. The van der Waals surface area contributed by atoms with Crippen LogP contribution in [0.2, 0.25) is 0 Å². The molecule has 0 radical (unpaired) electrons. The van der Waals surface area contributed by atoms with Crippen LogP contribution in [0.1, 0.15) is 5.56 Å². The minimum absolute atomic E-state index is 0.154. The van der Waals surface area contributed by atoms with Crippen LogP contribution in [0, 0.1) is 16.2 Å². The quantitative estimate of drug-likeness (QED) is 0.403. The average Bonchev–Trinajstić information content (AvgIpc) is 2.29. The molecule has 0 aliphatic carbocycles. The van der Waals surface area contributed by atoms with E-state index in [-0.39, 0.29) is 11.3 Å². The van der Waals surface area contributed by atoms with Crippen molar-refractivity contribution < 1.29 is 0 Å². The molecular formula is C9H10N4OS. The molecule has 1 aromatic rings. The molecule has 1 aromatic carbocycles. The van der Waals surface area contributed by atoms with Gasteiger partial charge in [-0.1, -0.05) is 12.8 Å². The number of hydrogen-bond acceptors (Lipinski definition) is 6. The second-order valence-corrected chi connectivity index (χ2v) is 3.09. The lowest BCUT2D eigenvalue weighted by Crippen LogP contribution is -2.13. The van der Waals surface area contributed by atoms with Gasteiger partial charge in [-0.15, -0.1) is 4.91 Å². The summed E-state index contributed by atoms with van der Waals surface area (Å²) in [6.07, 6.45) is 0. The van der Waals surface area contributed by atoms with Crippen LogP contribution < -0.4 is 10.0 Å². The van der Waals surface area contributed by atoms with Gasteiger partial charge in [0.05, 0.1) is 5.56 Å². The number of nitroso groups, excluding NO2 is 1. The van der Waals surface area contributed by atoms with Crippen molar-refractivity contribution in [3.05, 3.63) is 28.7 Å². The van der Waals surface area contributed by atoms with Gasteiger partial charge in [0, 0.05) is 18.8 Å². The van der Waals surface area contributed by atoms with Crippen LogP contribution in [-0.4, -0.2) is 13.1 Å². The zero-order valence-corrected chi connectivity index (χ0v) is 8.79. The fourth-order valence-electron chi connectivity index (χ4n) is 1.07. The lowest BCUT2D eigenvalue weighted by Gasteiger charge is -2.05. The number of hydrogen-bond donors (Lipinski definition) is 3. The van der Waals surface area contributed by atoms with Crippen LogP contribution in [0.4, 0.5) is 11.4 Å². The van der Waals surface area contributed by atoms with Crippen LogP contribution >= 0.6 is 12.8 Å². The van der Waals surface area contributed by atoms with Crippen molar-refractivity contribution in [1.29, 1.82) is 5.26 Å². The number of anilines is 1. The van der Waals surface area contributed by atoms with Crippen molar-refractivity contribution in [2.45, 2.75) is 0 Å². The molecule has 1 rings (SSSR count). The van der Waals surface area contributed by atoms with E-state index in [1.54, 1.807) is 18.2 Å². The first kappa shape index (κ1) is 11.5. The minimum Gasteiger partial charge on any atom is -0.384 e. The highest BCUT2D eigenvalue weighted by atomic mass is 32.1. The summed E-state index contributed by atoms with van der Waals surface area (Å²) in [7, 11) is 0. The van der Waals surface area contributed by atoms with E-state index in [1.165, 1.54) is 0 Å². The van der Waals surface area contributed by atoms with E-state index in [2.05, 4.69) is 28.0 Å². The summed E-state index contributed by atoms with van der Waals surface area (Å²) in [6, 6.07) is 6.73. The summed E-state index contributed by atoms with van der Waals surface area (Å²) in [4.78, 5) is 10.4. The second-order valence-electron chi connectivity index (χ2n) is 2.77. The van der Waals surface area contributed by atoms with Crippen LogP contribution in [0.15, 0.2) is 23.4 Å². The van der Waals surface area contributed by atoms with Crippen molar-refractivity contribution in [1.82, 2.24) is 4.72 Å². The van der Waals surface area contributed by atoms with E-state index >= 15 is 0 Å². The summed E-state index contributed by atoms with van der Waals surface area (Å²) in [5.41, 5.74) is 1.19. The minimum atomic E-state index is 0.154. The van der Waals surface area contributed by atoms with Crippen molar-refractivity contribution in [3.63, 3.8) is 0 Å². The number of nitriles is 1. The van der Waals surface area contributed by atoms with Gasteiger partial charge in [-0.3, -0.25) is 4.72 Å². The maximum Gasteiger partial charge on any atom is 0.127 e. The molecule has 0 amide bonds. The van der Waals surface area contributed by atoms with Gasteiger partial charge in [0.25, 0.3) is 0 Å². The molecule has 0 saturated heterocycles. The highest BCUT2D eigenvalue weighted by molar-refractivity contribution is 7.78. The largest absolute Gasteiger partial charge is 0.384 e. The highest BCUT2D eigenvalue weighted by Gasteiger charge is 2.02. The van der Waals surface area contributed by atoms with Crippen LogP contribution in [-0.2, 0) is 0 Å². The van der Waals surface area contributed by atoms with Gasteiger partial charge in [0.2, 0.25) is 0 Å². The normalized spacial score (nSPS) is 9.33. The van der Waals surface area contributed by atoms with Crippen molar-refractivity contribution in [3.8, 4) is 6.07 Å². The molecule has 2 N–H and O–H groups in total. The fraction of sp³-hybridized carbons (Fsp3) is 0.222. The Hall–Kier alpha value is -1.58. The van der Waals surface area contributed by atoms with Crippen LogP contribution in [0.25, 0.3) is 0 Å². The molecule has 0 spiro atoms. The molecule has 0 heterocycles. The van der Waals surface area contributed by atoms with Gasteiger partial charge in [0.1, 0.15) is 11.8 Å². The molecule has 6 heteroatoms. The first-order valence-electron chi connectivity index (χ1n) is 4.30. The van der Waals surface area contributed by atoms with Crippen molar-refractivity contribution in [2.24, 2.45) is 5.18 Å². The molecule has 5 nitrogen and oxygen atoms in total. The second kappa shape index (κ2) is 6.01. The number of nitrogens with zero attached hydrogens (tertiary/aromatic N) is 2. The van der Waals surface area contributed by atoms with E-state index in [0.717, 1.165) is 5.69 Å². The maximum absolute atomic E-state index is 10.4. The Morgan fingerprint density at radius 3 is 2.87 bits per heavy atom. The van der Waals surface area contributed by atoms with Gasteiger partial charge >= 0.3 is 0 Å². The molecule has 0 atom stereocenters. The van der Waals surface area contributed by atoms with Gasteiger partial charge in [-0.05, 0) is 23.4 Å². The van der Waals surface area contributed by atoms with Gasteiger partial charge < -0.3 is 5.32 Å². The summed E-state index contributed by atoms with van der Waals surface area (Å²) in [5, 5.41) is 14.5. The number of rotatable bonds is 5. The Kier molecular flexibility index (Phi) is 4.60. The third kappa shape index (κ3) is 3.23. The third-order valence-corrected chi connectivity index (χ3v) is 2.01. The highest BCUT2D eigenvalue weighted by Crippen LogP contribution is 2.22. The monoisotopic (exact) mass is 222 g/mol. The topological polar surface area (TPSA) is 77.3 Å². The van der Waals surface area contributed by atoms with E-state index in [9.17, 15) is 4.91 Å². The summed E-state index contributed by atoms with van der Waals surface area (Å²) < 4.78 is 2.68. The lowest BCUT2D eigenvalue weighted by atomic mass is 10.2. The zero-order valence-electron chi connectivity index (χ0n) is 7.90. The summed E-state index contributed by atoms with van der Waals surface area (Å²) in [5.74, 6) is 0. The third-order valence-electron chi connectivity index (χ3n) is 1.78. The van der Waals surface area contributed by atoms with E-state index < -0.39 is 0 Å². The average molecular weight is 222 g/mol.